The lowest BCUT2D eigenvalue weighted by Crippen LogP contribution is -2.35. The SMILES string of the molecule is Cc1cc(C)cc(N=C2S/C(=C\c3ccc(N4CCOCC4)o3)C(=O)N2C)c1. The van der Waals surface area contributed by atoms with Gasteiger partial charge in [-0.2, -0.15) is 0 Å². The molecule has 7 heteroatoms. The van der Waals surface area contributed by atoms with Crippen LogP contribution in [0.5, 0.6) is 0 Å². The van der Waals surface area contributed by atoms with Crippen LogP contribution in [0.15, 0.2) is 44.6 Å². The molecule has 0 bridgehead atoms. The van der Waals surface area contributed by atoms with Crippen LogP contribution in [0.3, 0.4) is 0 Å². The van der Waals surface area contributed by atoms with Gasteiger partial charge in [-0.25, -0.2) is 4.99 Å². The average molecular weight is 398 g/mol. The van der Waals surface area contributed by atoms with E-state index in [1.165, 1.54) is 11.8 Å². The van der Waals surface area contributed by atoms with Crippen molar-refractivity contribution in [3.63, 3.8) is 0 Å². The fraction of sp³-hybridized carbons (Fsp3) is 0.333. The molecular formula is C21H23N3O3S. The Bertz CT molecular complexity index is 937. The van der Waals surface area contributed by atoms with Gasteiger partial charge in [-0.3, -0.25) is 9.69 Å². The third-order valence-electron chi connectivity index (χ3n) is 4.64. The molecule has 1 amide bonds. The summed E-state index contributed by atoms with van der Waals surface area (Å²) < 4.78 is 11.3. The highest BCUT2D eigenvalue weighted by atomic mass is 32.2. The van der Waals surface area contributed by atoms with Gasteiger partial charge in [-0.1, -0.05) is 6.07 Å². The van der Waals surface area contributed by atoms with Crippen molar-refractivity contribution in [2.45, 2.75) is 13.8 Å². The van der Waals surface area contributed by atoms with E-state index in [0.717, 1.165) is 35.8 Å². The number of aryl methyl sites for hydroxylation is 2. The molecule has 3 heterocycles. The number of rotatable bonds is 3. The van der Waals surface area contributed by atoms with Crippen molar-refractivity contribution in [1.82, 2.24) is 4.90 Å². The second kappa shape index (κ2) is 7.85. The molecule has 0 unspecified atom stereocenters. The molecule has 2 aliphatic rings. The average Bonchev–Trinajstić information content (AvgIpc) is 3.23. The summed E-state index contributed by atoms with van der Waals surface area (Å²) in [5.74, 6) is 1.40. The zero-order chi connectivity index (χ0) is 19.7. The predicted octanol–water partition coefficient (Wildman–Crippen LogP) is 3.97. The number of hydrogen-bond donors (Lipinski definition) is 0. The maximum Gasteiger partial charge on any atom is 0.266 e. The maximum absolute atomic E-state index is 12.6. The molecule has 2 saturated heterocycles. The summed E-state index contributed by atoms with van der Waals surface area (Å²) in [6, 6.07) is 9.97. The molecule has 0 radical (unpaired) electrons. The minimum absolute atomic E-state index is 0.0718. The number of amidine groups is 1. The third kappa shape index (κ3) is 4.00. The van der Waals surface area contributed by atoms with Crippen LogP contribution in [-0.4, -0.2) is 49.3 Å². The molecule has 28 heavy (non-hydrogen) atoms. The van der Waals surface area contributed by atoms with Crippen LogP contribution in [0.25, 0.3) is 6.08 Å². The Morgan fingerprint density at radius 3 is 2.54 bits per heavy atom. The van der Waals surface area contributed by atoms with Crippen LogP contribution < -0.4 is 4.90 Å². The van der Waals surface area contributed by atoms with Crippen molar-refractivity contribution < 1.29 is 13.9 Å². The quantitative estimate of drug-likeness (QED) is 0.734. The highest BCUT2D eigenvalue weighted by Crippen LogP contribution is 2.34. The number of ether oxygens (including phenoxy) is 1. The van der Waals surface area contributed by atoms with E-state index in [1.807, 2.05) is 38.1 Å². The van der Waals surface area contributed by atoms with Gasteiger partial charge in [0.25, 0.3) is 5.91 Å². The maximum atomic E-state index is 12.6. The topological polar surface area (TPSA) is 58.3 Å². The monoisotopic (exact) mass is 397 g/mol. The standard InChI is InChI=1S/C21H23N3O3S/c1-14-10-15(2)12-16(11-14)22-21-23(3)20(25)18(28-21)13-17-4-5-19(27-17)24-6-8-26-9-7-24/h4-5,10-13H,6-9H2,1-3H3/b18-13-,22-21?. The highest BCUT2D eigenvalue weighted by molar-refractivity contribution is 8.18. The number of likely N-dealkylation sites (N-methyl/N-ethyl adjacent to an activating group) is 1. The lowest BCUT2D eigenvalue weighted by atomic mass is 10.1. The van der Waals surface area contributed by atoms with Gasteiger partial charge in [-0.15, -0.1) is 0 Å². The first-order valence-electron chi connectivity index (χ1n) is 9.27. The van der Waals surface area contributed by atoms with E-state index in [4.69, 9.17) is 9.15 Å². The van der Waals surface area contributed by atoms with Gasteiger partial charge >= 0.3 is 0 Å². The van der Waals surface area contributed by atoms with Crippen LogP contribution in [0.4, 0.5) is 11.6 Å². The van der Waals surface area contributed by atoms with Crippen molar-refractivity contribution in [3.05, 3.63) is 52.1 Å². The summed E-state index contributed by atoms with van der Waals surface area (Å²) in [6.45, 7) is 7.12. The van der Waals surface area contributed by atoms with Crippen LogP contribution in [0.1, 0.15) is 16.9 Å². The number of amides is 1. The second-order valence-corrected chi connectivity index (χ2v) is 8.00. The van der Waals surface area contributed by atoms with E-state index < -0.39 is 0 Å². The fourth-order valence-electron chi connectivity index (χ4n) is 3.28. The highest BCUT2D eigenvalue weighted by Gasteiger charge is 2.30. The van der Waals surface area contributed by atoms with Crippen molar-refractivity contribution in [1.29, 1.82) is 0 Å². The van der Waals surface area contributed by atoms with Gasteiger partial charge in [0, 0.05) is 32.3 Å². The normalized spacial score (nSPS) is 20.6. The van der Waals surface area contributed by atoms with Gasteiger partial charge in [-0.05, 0) is 54.9 Å². The summed E-state index contributed by atoms with van der Waals surface area (Å²) >= 11 is 1.37. The minimum Gasteiger partial charge on any atom is -0.441 e. The van der Waals surface area contributed by atoms with Crippen molar-refractivity contribution in [3.8, 4) is 0 Å². The largest absolute Gasteiger partial charge is 0.441 e. The molecule has 0 aliphatic carbocycles. The van der Waals surface area contributed by atoms with Crippen molar-refractivity contribution in [2.75, 3.05) is 38.3 Å². The van der Waals surface area contributed by atoms with Gasteiger partial charge in [0.15, 0.2) is 11.1 Å². The third-order valence-corrected chi connectivity index (χ3v) is 5.70. The second-order valence-electron chi connectivity index (χ2n) is 6.99. The lowest BCUT2D eigenvalue weighted by Gasteiger charge is -2.26. The molecule has 1 aromatic heterocycles. The van der Waals surface area contributed by atoms with Crippen LogP contribution in [-0.2, 0) is 9.53 Å². The number of carbonyl (C=O) groups is 1. The molecule has 2 aliphatic heterocycles. The van der Waals surface area contributed by atoms with E-state index >= 15 is 0 Å². The van der Waals surface area contributed by atoms with Gasteiger partial charge in [0.05, 0.1) is 23.8 Å². The summed E-state index contributed by atoms with van der Waals surface area (Å²) in [6.07, 6.45) is 1.79. The number of benzene rings is 1. The first-order valence-corrected chi connectivity index (χ1v) is 10.1. The molecule has 0 spiro atoms. The van der Waals surface area contributed by atoms with Crippen molar-refractivity contribution >= 4 is 40.5 Å². The molecule has 146 valence electrons. The van der Waals surface area contributed by atoms with E-state index in [0.29, 0.717) is 29.0 Å². The Kier molecular flexibility index (Phi) is 5.28. The molecule has 4 rings (SSSR count). The molecule has 0 atom stereocenters. The number of hydrogen-bond acceptors (Lipinski definition) is 6. The zero-order valence-corrected chi connectivity index (χ0v) is 17.1. The predicted molar refractivity (Wildman–Crippen MR) is 113 cm³/mol. The molecule has 1 aromatic carbocycles. The number of furan rings is 1. The van der Waals surface area contributed by atoms with E-state index in [2.05, 4.69) is 16.0 Å². The molecule has 2 aromatic rings. The number of carbonyl (C=O) groups excluding carboxylic acids is 1. The Balaban J connectivity index is 1.55. The number of anilines is 1. The number of nitrogens with zero attached hydrogens (tertiary/aromatic N) is 3. The molecule has 0 N–H and O–H groups in total. The van der Waals surface area contributed by atoms with Crippen molar-refractivity contribution in [2.24, 2.45) is 4.99 Å². The fourth-order valence-corrected chi connectivity index (χ4v) is 4.25. The Morgan fingerprint density at radius 1 is 1.11 bits per heavy atom. The van der Waals surface area contributed by atoms with Gasteiger partial charge < -0.3 is 14.1 Å². The number of morpholine rings is 1. The van der Waals surface area contributed by atoms with Gasteiger partial charge in [0.1, 0.15) is 5.76 Å². The summed E-state index contributed by atoms with van der Waals surface area (Å²) in [5.41, 5.74) is 3.16. The zero-order valence-electron chi connectivity index (χ0n) is 16.3. The molecular weight excluding hydrogens is 374 g/mol. The number of aliphatic imine (C=N–C) groups is 1. The summed E-state index contributed by atoms with van der Waals surface area (Å²) in [7, 11) is 1.75. The molecule has 6 nitrogen and oxygen atoms in total. The Morgan fingerprint density at radius 2 is 1.82 bits per heavy atom. The van der Waals surface area contributed by atoms with Crippen LogP contribution in [0, 0.1) is 13.8 Å². The summed E-state index contributed by atoms with van der Waals surface area (Å²) in [5, 5.41) is 0.668. The van der Waals surface area contributed by atoms with Crippen LogP contribution >= 0.6 is 11.8 Å². The summed E-state index contributed by atoms with van der Waals surface area (Å²) in [4.78, 5) is 21.6. The Labute approximate surface area is 168 Å². The first-order chi connectivity index (χ1) is 13.5. The molecule has 0 saturated carbocycles. The smallest absolute Gasteiger partial charge is 0.266 e. The minimum atomic E-state index is -0.0718. The van der Waals surface area contributed by atoms with E-state index in [-0.39, 0.29) is 5.91 Å². The van der Waals surface area contributed by atoms with Crippen LogP contribution in [0.2, 0.25) is 0 Å². The Hall–Kier alpha value is -2.51. The van der Waals surface area contributed by atoms with E-state index in [9.17, 15) is 4.79 Å². The first kappa shape index (κ1) is 18.8. The number of thioether (sulfide) groups is 1. The molecule has 2 fully saturated rings. The lowest BCUT2D eigenvalue weighted by molar-refractivity contribution is -0.121. The van der Waals surface area contributed by atoms with Gasteiger partial charge in [0.2, 0.25) is 0 Å². The van der Waals surface area contributed by atoms with E-state index in [1.54, 1.807) is 18.0 Å².